The summed E-state index contributed by atoms with van der Waals surface area (Å²) in [4.78, 5) is 40.6. The van der Waals surface area contributed by atoms with Crippen LogP contribution in [0, 0.1) is 0 Å². The van der Waals surface area contributed by atoms with E-state index in [9.17, 15) is 14.4 Å². The van der Waals surface area contributed by atoms with Gasteiger partial charge in [-0.25, -0.2) is 0 Å². The maximum atomic E-state index is 12.9. The Bertz CT molecular complexity index is 789. The number of nitrogens with zero attached hydrogens (tertiary/aromatic N) is 2. The Morgan fingerprint density at radius 3 is 2.90 bits per heavy atom. The summed E-state index contributed by atoms with van der Waals surface area (Å²) in [6.07, 6.45) is 1.85. The van der Waals surface area contributed by atoms with E-state index in [0.29, 0.717) is 25.1 Å². The first-order valence-electron chi connectivity index (χ1n) is 10.5. The van der Waals surface area contributed by atoms with Gasteiger partial charge in [0.25, 0.3) is 5.91 Å². The molecule has 0 aromatic heterocycles. The Labute approximate surface area is 171 Å². The number of carbonyl (C=O) groups is 3. The minimum Gasteiger partial charge on any atom is -0.322 e. The second kappa shape index (κ2) is 9.02. The first-order chi connectivity index (χ1) is 14.1. The quantitative estimate of drug-likeness (QED) is 0.454. The van der Waals surface area contributed by atoms with Gasteiger partial charge < -0.3 is 20.4 Å². The second-order valence-electron chi connectivity index (χ2n) is 7.97. The molecule has 29 heavy (non-hydrogen) atoms. The molecule has 1 unspecified atom stereocenters. The molecule has 8 heteroatoms. The first kappa shape index (κ1) is 20.0. The van der Waals surface area contributed by atoms with Gasteiger partial charge >= 0.3 is 0 Å². The smallest absolute Gasteiger partial charge is 0.255 e. The molecule has 4 rings (SSSR count). The van der Waals surface area contributed by atoms with Crippen LogP contribution in [-0.2, 0) is 22.7 Å². The van der Waals surface area contributed by atoms with E-state index in [0.717, 1.165) is 50.4 Å². The number of carbonyl (C=O) groups excluding carboxylic acids is 3. The van der Waals surface area contributed by atoms with Gasteiger partial charge in [-0.3, -0.25) is 19.7 Å². The third-order valence-corrected chi connectivity index (χ3v) is 6.03. The number of rotatable bonds is 6. The normalized spacial score (nSPS) is 23.1. The van der Waals surface area contributed by atoms with Crippen LogP contribution in [0.15, 0.2) is 18.2 Å². The van der Waals surface area contributed by atoms with Crippen molar-refractivity contribution in [3.8, 4) is 0 Å². The van der Waals surface area contributed by atoms with E-state index in [4.69, 9.17) is 0 Å². The largest absolute Gasteiger partial charge is 0.322 e. The van der Waals surface area contributed by atoms with Gasteiger partial charge in [0, 0.05) is 51.3 Å². The van der Waals surface area contributed by atoms with Crippen LogP contribution >= 0.6 is 0 Å². The molecule has 2 fully saturated rings. The van der Waals surface area contributed by atoms with Crippen molar-refractivity contribution >= 4 is 17.7 Å². The molecule has 8 nitrogen and oxygen atoms in total. The van der Waals surface area contributed by atoms with Crippen LogP contribution in [0.5, 0.6) is 0 Å². The zero-order valence-corrected chi connectivity index (χ0v) is 16.7. The van der Waals surface area contributed by atoms with Crippen molar-refractivity contribution in [1.29, 1.82) is 0 Å². The standard InChI is InChI=1S/C21H29N5O3/c27-19-6-5-18(20(28)24-19)26-14-17-15(3-1-4-16(17)21(26)29)13-23-9-12-25-10-2-7-22-8-11-25/h1,3-4,18,22-23H,2,5-14H2,(H,24,27,28). The van der Waals surface area contributed by atoms with Crippen molar-refractivity contribution < 1.29 is 14.4 Å². The minimum atomic E-state index is -0.565. The lowest BCUT2D eigenvalue weighted by Crippen LogP contribution is -2.52. The summed E-state index contributed by atoms with van der Waals surface area (Å²) in [7, 11) is 0. The molecular weight excluding hydrogens is 370 g/mol. The third kappa shape index (κ3) is 4.49. The third-order valence-electron chi connectivity index (χ3n) is 6.03. The number of benzene rings is 1. The van der Waals surface area contributed by atoms with Crippen molar-refractivity contribution in [1.82, 2.24) is 25.8 Å². The van der Waals surface area contributed by atoms with Gasteiger partial charge in [0.15, 0.2) is 0 Å². The first-order valence-corrected chi connectivity index (χ1v) is 10.5. The van der Waals surface area contributed by atoms with Crippen LogP contribution in [0.2, 0.25) is 0 Å². The summed E-state index contributed by atoms with van der Waals surface area (Å²) < 4.78 is 0. The number of fused-ring (bicyclic) bond motifs is 1. The molecule has 3 aliphatic rings. The SMILES string of the molecule is O=C1CCC(N2Cc3c(CNCCN4CCCNCC4)cccc3C2=O)C(=O)N1. The van der Waals surface area contributed by atoms with Crippen LogP contribution in [0.3, 0.4) is 0 Å². The Morgan fingerprint density at radius 2 is 2.03 bits per heavy atom. The van der Waals surface area contributed by atoms with Gasteiger partial charge in [-0.15, -0.1) is 0 Å². The van der Waals surface area contributed by atoms with E-state index in [1.165, 1.54) is 6.42 Å². The molecule has 0 spiro atoms. The molecule has 0 bridgehead atoms. The van der Waals surface area contributed by atoms with Crippen LogP contribution < -0.4 is 16.0 Å². The predicted molar refractivity (Wildman–Crippen MR) is 108 cm³/mol. The number of piperidine rings is 1. The second-order valence-corrected chi connectivity index (χ2v) is 7.97. The van der Waals surface area contributed by atoms with Gasteiger partial charge in [0.05, 0.1) is 0 Å². The van der Waals surface area contributed by atoms with Gasteiger partial charge in [-0.05, 0) is 43.1 Å². The monoisotopic (exact) mass is 399 g/mol. The maximum absolute atomic E-state index is 12.9. The summed E-state index contributed by atoms with van der Waals surface area (Å²) in [6, 6.07) is 5.22. The average molecular weight is 399 g/mol. The molecule has 1 aromatic carbocycles. The van der Waals surface area contributed by atoms with E-state index in [1.54, 1.807) is 4.90 Å². The van der Waals surface area contributed by atoms with Crippen molar-refractivity contribution in [2.24, 2.45) is 0 Å². The number of hydrogen-bond donors (Lipinski definition) is 3. The molecule has 1 atom stereocenters. The Balaban J connectivity index is 1.35. The lowest BCUT2D eigenvalue weighted by Gasteiger charge is -2.29. The van der Waals surface area contributed by atoms with E-state index in [2.05, 4.69) is 20.9 Å². The number of imide groups is 1. The van der Waals surface area contributed by atoms with E-state index < -0.39 is 6.04 Å². The van der Waals surface area contributed by atoms with E-state index in [1.807, 2.05) is 18.2 Å². The number of hydrogen-bond acceptors (Lipinski definition) is 6. The Hall–Kier alpha value is -2.29. The fourth-order valence-electron chi connectivity index (χ4n) is 4.40. The molecule has 3 aliphatic heterocycles. The Morgan fingerprint density at radius 1 is 1.14 bits per heavy atom. The lowest BCUT2D eigenvalue weighted by atomic mass is 10.0. The van der Waals surface area contributed by atoms with Crippen molar-refractivity contribution in [3.63, 3.8) is 0 Å². The predicted octanol–water partition coefficient (Wildman–Crippen LogP) is -0.167. The Kier molecular flexibility index (Phi) is 6.22. The molecule has 3 N–H and O–H groups in total. The summed E-state index contributed by atoms with van der Waals surface area (Å²) in [5, 5.41) is 9.28. The highest BCUT2D eigenvalue weighted by molar-refractivity contribution is 6.05. The fourth-order valence-corrected chi connectivity index (χ4v) is 4.40. The summed E-state index contributed by atoms with van der Waals surface area (Å²) in [6.45, 7) is 7.39. The zero-order chi connectivity index (χ0) is 20.2. The van der Waals surface area contributed by atoms with Crippen LogP contribution in [0.25, 0.3) is 0 Å². The molecule has 3 heterocycles. The topological polar surface area (TPSA) is 93.8 Å². The van der Waals surface area contributed by atoms with Gasteiger partial charge in [0.1, 0.15) is 6.04 Å². The average Bonchev–Trinajstić information content (AvgIpc) is 2.88. The number of amides is 3. The van der Waals surface area contributed by atoms with Crippen LogP contribution in [-0.4, -0.2) is 72.8 Å². The van der Waals surface area contributed by atoms with Crippen molar-refractivity contribution in [2.45, 2.75) is 38.4 Å². The van der Waals surface area contributed by atoms with Gasteiger partial charge in [0.2, 0.25) is 11.8 Å². The lowest BCUT2D eigenvalue weighted by molar-refractivity contribution is -0.136. The highest BCUT2D eigenvalue weighted by Crippen LogP contribution is 2.29. The van der Waals surface area contributed by atoms with Gasteiger partial charge in [-0.2, -0.15) is 0 Å². The van der Waals surface area contributed by atoms with Crippen molar-refractivity contribution in [2.75, 3.05) is 39.3 Å². The van der Waals surface area contributed by atoms with Crippen LogP contribution in [0.4, 0.5) is 0 Å². The molecule has 0 saturated carbocycles. The molecular formula is C21H29N5O3. The molecule has 2 saturated heterocycles. The highest BCUT2D eigenvalue weighted by atomic mass is 16.2. The number of nitrogens with one attached hydrogen (secondary N) is 3. The summed E-state index contributed by atoms with van der Waals surface area (Å²) >= 11 is 0. The summed E-state index contributed by atoms with van der Waals surface area (Å²) in [5.74, 6) is -0.747. The van der Waals surface area contributed by atoms with Gasteiger partial charge in [-0.1, -0.05) is 12.1 Å². The molecule has 1 aromatic rings. The van der Waals surface area contributed by atoms with Crippen molar-refractivity contribution in [3.05, 3.63) is 34.9 Å². The highest BCUT2D eigenvalue weighted by Gasteiger charge is 2.39. The van der Waals surface area contributed by atoms with E-state index in [-0.39, 0.29) is 24.1 Å². The fraction of sp³-hybridized carbons (Fsp3) is 0.571. The molecule has 0 radical (unpaired) electrons. The molecule has 3 amide bonds. The summed E-state index contributed by atoms with van der Waals surface area (Å²) in [5.41, 5.74) is 2.77. The van der Waals surface area contributed by atoms with Crippen LogP contribution in [0.1, 0.15) is 40.7 Å². The molecule has 0 aliphatic carbocycles. The zero-order valence-electron chi connectivity index (χ0n) is 16.7. The molecule has 156 valence electrons. The maximum Gasteiger partial charge on any atom is 0.255 e. The minimum absolute atomic E-state index is 0.117. The van der Waals surface area contributed by atoms with E-state index >= 15 is 0 Å².